The van der Waals surface area contributed by atoms with Gasteiger partial charge in [0.2, 0.25) is 0 Å². The summed E-state index contributed by atoms with van der Waals surface area (Å²) in [6.45, 7) is 5.47. The second kappa shape index (κ2) is 5.29. The van der Waals surface area contributed by atoms with Crippen molar-refractivity contribution in [1.29, 1.82) is 0 Å². The predicted octanol–water partition coefficient (Wildman–Crippen LogP) is 2.72. The summed E-state index contributed by atoms with van der Waals surface area (Å²) in [6.07, 6.45) is 2.77. The van der Waals surface area contributed by atoms with Crippen molar-refractivity contribution in [3.8, 4) is 0 Å². The van der Waals surface area contributed by atoms with Gasteiger partial charge in [0.05, 0.1) is 0 Å². The Labute approximate surface area is 93.7 Å². The minimum Gasteiger partial charge on any atom is -0.359 e. The SMILES string of the molecule is CCC(C)CN(C)c1cc(Br)ncn1. The molecule has 1 aromatic rings. The van der Waals surface area contributed by atoms with Crippen LogP contribution in [0.4, 0.5) is 5.82 Å². The Morgan fingerprint density at radius 1 is 1.50 bits per heavy atom. The molecule has 1 aromatic heterocycles. The standard InChI is InChI=1S/C10H16BrN3/c1-4-8(2)6-14(3)10-5-9(11)12-7-13-10/h5,7-8H,4,6H2,1-3H3. The molecule has 0 aliphatic carbocycles. The molecule has 0 aliphatic rings. The average molecular weight is 258 g/mol. The molecule has 3 nitrogen and oxygen atoms in total. The third kappa shape index (κ3) is 3.25. The first-order valence-corrected chi connectivity index (χ1v) is 5.61. The third-order valence-electron chi connectivity index (χ3n) is 2.29. The van der Waals surface area contributed by atoms with Gasteiger partial charge in [-0.3, -0.25) is 0 Å². The maximum Gasteiger partial charge on any atom is 0.132 e. The summed E-state index contributed by atoms with van der Waals surface area (Å²) < 4.78 is 0.832. The molecule has 1 rings (SSSR count). The molecule has 0 aliphatic heterocycles. The van der Waals surface area contributed by atoms with Gasteiger partial charge in [-0.1, -0.05) is 20.3 Å². The molecule has 0 aromatic carbocycles. The molecule has 4 heteroatoms. The van der Waals surface area contributed by atoms with Gasteiger partial charge in [0, 0.05) is 19.7 Å². The number of rotatable bonds is 4. The van der Waals surface area contributed by atoms with Gasteiger partial charge in [0.25, 0.3) is 0 Å². The molecular formula is C10H16BrN3. The minimum absolute atomic E-state index is 0.689. The van der Waals surface area contributed by atoms with Crippen molar-refractivity contribution in [2.45, 2.75) is 20.3 Å². The second-order valence-electron chi connectivity index (χ2n) is 3.59. The molecular weight excluding hydrogens is 242 g/mol. The smallest absolute Gasteiger partial charge is 0.132 e. The third-order valence-corrected chi connectivity index (χ3v) is 2.73. The van der Waals surface area contributed by atoms with Crippen LogP contribution in [0, 0.1) is 5.92 Å². The summed E-state index contributed by atoms with van der Waals surface area (Å²) in [4.78, 5) is 10.4. The molecule has 0 saturated heterocycles. The van der Waals surface area contributed by atoms with E-state index in [1.807, 2.05) is 6.07 Å². The van der Waals surface area contributed by atoms with Gasteiger partial charge in [-0.2, -0.15) is 0 Å². The van der Waals surface area contributed by atoms with Gasteiger partial charge >= 0.3 is 0 Å². The van der Waals surface area contributed by atoms with Crippen molar-refractivity contribution in [3.05, 3.63) is 17.0 Å². The van der Waals surface area contributed by atoms with Crippen molar-refractivity contribution in [1.82, 2.24) is 9.97 Å². The van der Waals surface area contributed by atoms with Crippen LogP contribution in [-0.2, 0) is 0 Å². The highest BCUT2D eigenvalue weighted by Crippen LogP contribution is 2.15. The highest BCUT2D eigenvalue weighted by Gasteiger charge is 2.06. The van der Waals surface area contributed by atoms with Crippen molar-refractivity contribution < 1.29 is 0 Å². The lowest BCUT2D eigenvalue weighted by atomic mass is 10.1. The summed E-state index contributed by atoms with van der Waals surface area (Å²) in [5.41, 5.74) is 0. The summed E-state index contributed by atoms with van der Waals surface area (Å²) in [5, 5.41) is 0. The zero-order valence-electron chi connectivity index (χ0n) is 8.87. The van der Waals surface area contributed by atoms with E-state index in [0.717, 1.165) is 17.0 Å². The van der Waals surface area contributed by atoms with Gasteiger partial charge in [0.15, 0.2) is 0 Å². The molecule has 0 saturated carbocycles. The molecule has 1 unspecified atom stereocenters. The molecule has 1 atom stereocenters. The monoisotopic (exact) mass is 257 g/mol. The van der Waals surface area contributed by atoms with Crippen LogP contribution in [0.3, 0.4) is 0 Å². The van der Waals surface area contributed by atoms with Gasteiger partial charge < -0.3 is 4.90 Å². The zero-order valence-corrected chi connectivity index (χ0v) is 10.5. The number of aromatic nitrogens is 2. The summed E-state index contributed by atoms with van der Waals surface area (Å²) in [5.74, 6) is 1.65. The molecule has 0 amide bonds. The second-order valence-corrected chi connectivity index (χ2v) is 4.41. The zero-order chi connectivity index (χ0) is 10.6. The van der Waals surface area contributed by atoms with E-state index in [2.05, 4.69) is 51.7 Å². The Kier molecular flexibility index (Phi) is 4.32. The summed E-state index contributed by atoms with van der Waals surface area (Å²) in [7, 11) is 2.06. The first-order valence-electron chi connectivity index (χ1n) is 4.82. The minimum atomic E-state index is 0.689. The maximum atomic E-state index is 4.21. The lowest BCUT2D eigenvalue weighted by molar-refractivity contribution is 0.557. The van der Waals surface area contributed by atoms with E-state index in [-0.39, 0.29) is 0 Å². The molecule has 0 spiro atoms. The van der Waals surface area contributed by atoms with E-state index in [1.54, 1.807) is 6.33 Å². The summed E-state index contributed by atoms with van der Waals surface area (Å²) in [6, 6.07) is 1.93. The van der Waals surface area contributed by atoms with Gasteiger partial charge in [-0.05, 0) is 21.8 Å². The number of hydrogen-bond donors (Lipinski definition) is 0. The fourth-order valence-corrected chi connectivity index (χ4v) is 1.52. The number of anilines is 1. The van der Waals surface area contributed by atoms with Crippen molar-refractivity contribution >= 4 is 21.7 Å². The highest BCUT2D eigenvalue weighted by molar-refractivity contribution is 9.10. The van der Waals surface area contributed by atoms with E-state index in [9.17, 15) is 0 Å². The van der Waals surface area contributed by atoms with Crippen LogP contribution >= 0.6 is 15.9 Å². The van der Waals surface area contributed by atoms with Crippen molar-refractivity contribution in [3.63, 3.8) is 0 Å². The van der Waals surface area contributed by atoms with Gasteiger partial charge in [0.1, 0.15) is 16.7 Å². The Bertz CT molecular complexity index is 290. The first-order chi connectivity index (χ1) is 6.63. The van der Waals surface area contributed by atoms with Crippen LogP contribution in [0.15, 0.2) is 17.0 Å². The normalized spacial score (nSPS) is 12.6. The number of nitrogens with zero attached hydrogens (tertiary/aromatic N) is 3. The van der Waals surface area contributed by atoms with Crippen LogP contribution in [0.2, 0.25) is 0 Å². The van der Waals surface area contributed by atoms with Gasteiger partial charge in [-0.15, -0.1) is 0 Å². The first kappa shape index (κ1) is 11.4. The number of halogens is 1. The molecule has 0 radical (unpaired) electrons. The Balaban J connectivity index is 2.64. The van der Waals surface area contributed by atoms with Crippen LogP contribution in [-0.4, -0.2) is 23.6 Å². The van der Waals surface area contributed by atoms with Gasteiger partial charge in [-0.25, -0.2) is 9.97 Å². The average Bonchev–Trinajstić information content (AvgIpc) is 2.17. The molecule has 14 heavy (non-hydrogen) atoms. The van der Waals surface area contributed by atoms with E-state index in [0.29, 0.717) is 5.92 Å². The van der Waals surface area contributed by atoms with Crippen LogP contribution in [0.5, 0.6) is 0 Å². The van der Waals surface area contributed by atoms with Crippen molar-refractivity contribution in [2.75, 3.05) is 18.5 Å². The lowest BCUT2D eigenvalue weighted by Crippen LogP contribution is -2.24. The van der Waals surface area contributed by atoms with Crippen molar-refractivity contribution in [2.24, 2.45) is 5.92 Å². The van der Waals surface area contributed by atoms with E-state index < -0.39 is 0 Å². The molecule has 0 fully saturated rings. The van der Waals surface area contributed by atoms with Crippen LogP contribution < -0.4 is 4.90 Å². The van der Waals surface area contributed by atoms with E-state index >= 15 is 0 Å². The highest BCUT2D eigenvalue weighted by atomic mass is 79.9. The fourth-order valence-electron chi connectivity index (χ4n) is 1.22. The number of hydrogen-bond acceptors (Lipinski definition) is 3. The molecule has 0 N–H and O–H groups in total. The predicted molar refractivity (Wildman–Crippen MR) is 62.5 cm³/mol. The van der Waals surface area contributed by atoms with E-state index in [1.165, 1.54) is 6.42 Å². The summed E-state index contributed by atoms with van der Waals surface area (Å²) >= 11 is 3.34. The Morgan fingerprint density at radius 3 is 2.79 bits per heavy atom. The largest absolute Gasteiger partial charge is 0.359 e. The fraction of sp³-hybridized carbons (Fsp3) is 0.600. The maximum absolute atomic E-state index is 4.21. The lowest BCUT2D eigenvalue weighted by Gasteiger charge is -2.21. The molecule has 0 bridgehead atoms. The molecule has 1 heterocycles. The van der Waals surface area contributed by atoms with E-state index in [4.69, 9.17) is 0 Å². The Morgan fingerprint density at radius 2 is 2.21 bits per heavy atom. The Hall–Kier alpha value is -0.640. The van der Waals surface area contributed by atoms with Crippen LogP contribution in [0.1, 0.15) is 20.3 Å². The molecule has 78 valence electrons. The van der Waals surface area contributed by atoms with Crippen LogP contribution in [0.25, 0.3) is 0 Å². The quantitative estimate of drug-likeness (QED) is 0.777. The topological polar surface area (TPSA) is 29.0 Å².